The Morgan fingerprint density at radius 2 is 1.90 bits per heavy atom. The van der Waals surface area contributed by atoms with Gasteiger partial charge < -0.3 is 20.3 Å². The number of carboxylic acids is 2. The molecule has 0 aliphatic carbocycles. The van der Waals surface area contributed by atoms with Gasteiger partial charge in [0.2, 0.25) is 5.91 Å². The van der Waals surface area contributed by atoms with E-state index in [9.17, 15) is 27.9 Å². The first kappa shape index (κ1) is 27.6. The molecule has 1 aliphatic heterocycles. The van der Waals surface area contributed by atoms with Crippen LogP contribution in [-0.2, 0) is 19.1 Å². The third kappa shape index (κ3) is 9.40. The van der Waals surface area contributed by atoms with Gasteiger partial charge in [0, 0.05) is 19.6 Å². The van der Waals surface area contributed by atoms with Crippen molar-refractivity contribution in [3.63, 3.8) is 0 Å². The van der Waals surface area contributed by atoms with E-state index in [2.05, 4.69) is 17.2 Å². The molecule has 0 aromatic heterocycles. The summed E-state index contributed by atoms with van der Waals surface area (Å²) in [4.78, 5) is 31.9. The van der Waals surface area contributed by atoms with Crippen molar-refractivity contribution in [1.82, 2.24) is 10.6 Å². The number of carbonyl (C=O) groups is 3. The van der Waals surface area contributed by atoms with E-state index in [1.165, 1.54) is 6.92 Å². The van der Waals surface area contributed by atoms with Crippen LogP contribution in [0.1, 0.15) is 33.6 Å². The molecule has 30 heavy (non-hydrogen) atoms. The van der Waals surface area contributed by atoms with Crippen LogP contribution in [0.25, 0.3) is 0 Å². The molecular weight excluding hydrogens is 409 g/mol. The van der Waals surface area contributed by atoms with Gasteiger partial charge >= 0.3 is 18.1 Å². The van der Waals surface area contributed by atoms with E-state index in [0.717, 1.165) is 0 Å². The van der Waals surface area contributed by atoms with Crippen LogP contribution in [0.4, 0.5) is 13.2 Å². The highest BCUT2D eigenvalue weighted by Gasteiger charge is 2.43. The normalized spacial score (nSPS) is 23.2. The predicted octanol–water partition coefficient (Wildman–Crippen LogP) is 2.11. The Hall–Kier alpha value is -2.40. The molecule has 0 saturated carbocycles. The van der Waals surface area contributed by atoms with Gasteiger partial charge in [-0.25, -0.2) is 4.79 Å². The number of carbonyl (C=O) groups excluding carboxylic acids is 1. The highest BCUT2D eigenvalue weighted by atomic mass is 19.4. The Labute approximate surface area is 173 Å². The zero-order valence-electron chi connectivity index (χ0n) is 17.1. The Balaban J connectivity index is 0.00000103. The predicted molar refractivity (Wildman–Crippen MR) is 103 cm³/mol. The molecule has 0 spiro atoms. The minimum Gasteiger partial charge on any atom is -0.480 e. The lowest BCUT2D eigenvalue weighted by atomic mass is 9.89. The summed E-state index contributed by atoms with van der Waals surface area (Å²) in [6.07, 6.45) is 1.40. The van der Waals surface area contributed by atoms with Crippen molar-refractivity contribution < 1.29 is 42.5 Å². The smallest absolute Gasteiger partial charge is 0.480 e. The van der Waals surface area contributed by atoms with Crippen LogP contribution in [0, 0.1) is 5.92 Å². The SMILES string of the molecule is C=CC[C@H](OCC)[C@H](NC(C)=O)[C@@H]1N[C@@H](C(=O)O)C[C@H]1/C=C\C.O=C(O)C(F)(F)F. The van der Waals surface area contributed by atoms with Crippen molar-refractivity contribution in [2.45, 2.75) is 64.0 Å². The molecule has 1 fully saturated rings. The second-order valence-electron chi connectivity index (χ2n) is 6.56. The quantitative estimate of drug-likeness (QED) is 0.406. The third-order valence-corrected chi connectivity index (χ3v) is 4.28. The second-order valence-corrected chi connectivity index (χ2v) is 6.56. The summed E-state index contributed by atoms with van der Waals surface area (Å²) in [5.41, 5.74) is 0. The van der Waals surface area contributed by atoms with Gasteiger partial charge in [-0.05, 0) is 32.6 Å². The number of alkyl halides is 3. The molecule has 8 nitrogen and oxygen atoms in total. The molecule has 1 heterocycles. The van der Waals surface area contributed by atoms with Gasteiger partial charge in [0.05, 0.1) is 12.1 Å². The van der Waals surface area contributed by atoms with Crippen LogP contribution in [-0.4, -0.2) is 65.1 Å². The van der Waals surface area contributed by atoms with Crippen molar-refractivity contribution in [2.75, 3.05) is 6.61 Å². The Kier molecular flexibility index (Phi) is 12.0. The molecule has 1 amide bonds. The highest BCUT2D eigenvalue weighted by Crippen LogP contribution is 2.27. The molecule has 11 heteroatoms. The van der Waals surface area contributed by atoms with E-state index >= 15 is 0 Å². The maximum atomic E-state index is 11.6. The maximum absolute atomic E-state index is 11.6. The van der Waals surface area contributed by atoms with Crippen LogP contribution in [0.15, 0.2) is 24.8 Å². The molecule has 4 N–H and O–H groups in total. The number of nitrogens with one attached hydrogen (secondary N) is 2. The van der Waals surface area contributed by atoms with Crippen LogP contribution in [0.5, 0.6) is 0 Å². The van der Waals surface area contributed by atoms with E-state index in [4.69, 9.17) is 14.6 Å². The lowest BCUT2D eigenvalue weighted by Crippen LogP contribution is -2.57. The Morgan fingerprint density at radius 1 is 1.33 bits per heavy atom. The van der Waals surface area contributed by atoms with Gasteiger partial charge in [-0.15, -0.1) is 6.58 Å². The summed E-state index contributed by atoms with van der Waals surface area (Å²) in [6, 6.07) is -1.15. The summed E-state index contributed by atoms with van der Waals surface area (Å²) in [6.45, 7) is 9.52. The Morgan fingerprint density at radius 3 is 2.27 bits per heavy atom. The number of halogens is 3. The molecule has 1 rings (SSSR count). The van der Waals surface area contributed by atoms with Crippen LogP contribution in [0.3, 0.4) is 0 Å². The molecular formula is C19H29F3N2O6. The monoisotopic (exact) mass is 438 g/mol. The number of aliphatic carboxylic acids is 2. The fourth-order valence-corrected chi connectivity index (χ4v) is 3.18. The van der Waals surface area contributed by atoms with Gasteiger partial charge in [0.1, 0.15) is 6.04 Å². The largest absolute Gasteiger partial charge is 0.490 e. The van der Waals surface area contributed by atoms with Crippen molar-refractivity contribution in [2.24, 2.45) is 5.92 Å². The van der Waals surface area contributed by atoms with Crippen molar-refractivity contribution in [3.05, 3.63) is 24.8 Å². The fourth-order valence-electron chi connectivity index (χ4n) is 3.18. The average molecular weight is 438 g/mol. The summed E-state index contributed by atoms with van der Waals surface area (Å²) in [7, 11) is 0. The standard InChI is InChI=1S/C17H28N2O4.C2HF3O2/c1-5-8-12-10-13(17(21)22)19-15(12)16(18-11(4)20)14(9-6-2)23-7-3;3-2(4,5)1(6)7/h5-6,8,12-16,19H,2,7,9-10H2,1,3-4H3,(H,18,20)(H,21,22);(H,6,7)/b8-5-;/t12-,13-,14+,15-,16+;/m1./s1. The first-order chi connectivity index (χ1) is 13.9. The zero-order chi connectivity index (χ0) is 23.5. The minimum atomic E-state index is -5.08. The molecule has 0 unspecified atom stereocenters. The summed E-state index contributed by atoms with van der Waals surface area (Å²) >= 11 is 0. The van der Waals surface area contributed by atoms with Gasteiger partial charge in [-0.1, -0.05) is 18.2 Å². The summed E-state index contributed by atoms with van der Waals surface area (Å²) < 4.78 is 37.5. The number of hydrogen-bond acceptors (Lipinski definition) is 5. The first-order valence-electron chi connectivity index (χ1n) is 9.30. The topological polar surface area (TPSA) is 125 Å². The van der Waals surface area contributed by atoms with Gasteiger partial charge in [-0.3, -0.25) is 14.9 Å². The molecule has 0 radical (unpaired) electrons. The summed E-state index contributed by atoms with van der Waals surface area (Å²) in [5.74, 6) is -3.78. The molecule has 1 saturated heterocycles. The van der Waals surface area contributed by atoms with E-state index in [0.29, 0.717) is 19.4 Å². The van der Waals surface area contributed by atoms with E-state index in [1.807, 2.05) is 26.0 Å². The lowest BCUT2D eigenvalue weighted by molar-refractivity contribution is -0.192. The van der Waals surface area contributed by atoms with Crippen LogP contribution in [0.2, 0.25) is 0 Å². The second kappa shape index (κ2) is 13.0. The number of hydrogen-bond donors (Lipinski definition) is 4. The third-order valence-electron chi connectivity index (χ3n) is 4.28. The fraction of sp³-hybridized carbons (Fsp3) is 0.632. The van der Waals surface area contributed by atoms with E-state index < -0.39 is 24.2 Å². The van der Waals surface area contributed by atoms with Crippen molar-refractivity contribution >= 4 is 17.8 Å². The molecule has 5 atom stereocenters. The van der Waals surface area contributed by atoms with E-state index in [1.54, 1.807) is 6.08 Å². The van der Waals surface area contributed by atoms with Crippen molar-refractivity contribution in [1.29, 1.82) is 0 Å². The van der Waals surface area contributed by atoms with E-state index in [-0.39, 0.29) is 30.0 Å². The molecule has 0 bridgehead atoms. The highest BCUT2D eigenvalue weighted by molar-refractivity contribution is 5.75. The molecule has 0 aromatic carbocycles. The number of carboxylic acid groups (broad SMARTS) is 2. The Bertz CT molecular complexity index is 624. The molecule has 1 aliphatic rings. The lowest BCUT2D eigenvalue weighted by Gasteiger charge is -2.34. The first-order valence-corrected chi connectivity index (χ1v) is 9.30. The van der Waals surface area contributed by atoms with Gasteiger partial charge in [0.25, 0.3) is 0 Å². The van der Waals surface area contributed by atoms with Gasteiger partial charge in [-0.2, -0.15) is 13.2 Å². The number of ether oxygens (including phenoxy) is 1. The van der Waals surface area contributed by atoms with Crippen LogP contribution >= 0.6 is 0 Å². The number of amides is 1. The molecule has 172 valence electrons. The van der Waals surface area contributed by atoms with Gasteiger partial charge in [0.15, 0.2) is 0 Å². The summed E-state index contributed by atoms with van der Waals surface area (Å²) in [5, 5.41) is 22.5. The van der Waals surface area contributed by atoms with Crippen LogP contribution < -0.4 is 10.6 Å². The maximum Gasteiger partial charge on any atom is 0.490 e. The average Bonchev–Trinajstić information content (AvgIpc) is 3.03. The molecule has 0 aromatic rings. The number of rotatable bonds is 9. The van der Waals surface area contributed by atoms with Crippen molar-refractivity contribution in [3.8, 4) is 0 Å². The number of allylic oxidation sites excluding steroid dienone is 1. The zero-order valence-corrected chi connectivity index (χ0v) is 17.1. The minimum absolute atomic E-state index is 0.0192.